The third-order valence-electron chi connectivity index (χ3n) is 17.6. The summed E-state index contributed by atoms with van der Waals surface area (Å²) in [5.74, 6) is -10.9. The van der Waals surface area contributed by atoms with Crippen LogP contribution in [0.25, 0.3) is 0 Å². The molecule has 3 saturated heterocycles. The molecule has 3 fully saturated rings. The van der Waals surface area contributed by atoms with Crippen LogP contribution in [0.3, 0.4) is 0 Å². The summed E-state index contributed by atoms with van der Waals surface area (Å²) in [6, 6.07) is 4.54. The Morgan fingerprint density at radius 3 is 1.70 bits per heavy atom. The summed E-state index contributed by atoms with van der Waals surface area (Å²) < 4.78 is 0. The molecule has 2 aromatic carbocycles. The summed E-state index contributed by atoms with van der Waals surface area (Å²) in [5.41, 5.74) is 8.41. The van der Waals surface area contributed by atoms with Gasteiger partial charge < -0.3 is 92.1 Å². The van der Waals surface area contributed by atoms with Crippen LogP contribution in [0.4, 0.5) is 0 Å². The van der Waals surface area contributed by atoms with Crippen molar-refractivity contribution in [3.8, 4) is 0 Å². The molecule has 0 saturated carbocycles. The van der Waals surface area contributed by atoms with Crippen LogP contribution in [-0.4, -0.2) is 295 Å². The minimum atomic E-state index is -1.72. The Hall–Kier alpha value is -6.96. The molecule has 35 heteroatoms. The second-order valence-corrected chi connectivity index (χ2v) is 28.9. The van der Waals surface area contributed by atoms with E-state index < -0.39 is 146 Å². The van der Waals surface area contributed by atoms with Crippen LogP contribution >= 0.6 is 35.3 Å². The van der Waals surface area contributed by atoms with Gasteiger partial charge in [-0.1, -0.05) is 68.3 Å². The molecule has 558 valence electrons. The molecule has 9 amide bonds. The molecule has 0 aromatic heterocycles. The van der Waals surface area contributed by atoms with Crippen molar-refractivity contribution in [1.82, 2.24) is 61.3 Å². The molecule has 0 radical (unpaired) electrons. The molecule has 31 nitrogen and oxygen atoms in total. The fourth-order valence-electron chi connectivity index (χ4n) is 12.4. The second-order valence-electron chi connectivity index (χ2n) is 25.7. The number of nitrogens with zero attached hydrogens (tertiary/aromatic N) is 6. The Labute approximate surface area is 621 Å². The number of nitrogens with two attached hydrogens (primary N) is 1. The number of carboxylic acids is 4. The van der Waals surface area contributed by atoms with Crippen LogP contribution in [0.1, 0.15) is 102 Å². The SMILES string of the molecule is CCCCCC(=O)N[C@H]1CSCc2cc(CSCCNC(=O)CN3CCN(CC(=O)[O-])CCN(CC(=O)[O-])CCN(CC(=O)[O-])CC3)cc(c2)CSC[C@@H](C(=O)[O-])NC(=O)[C@H](Cc2ccccc2)NC(=O)[C@H](CCC(N)=O)NC(=O)[C@H]([C@@H](C)O)NC(=O)[C@@H]2CCCN2C(=O)[C@@H]2CCCN2C1=O.[68Ga+3].[H+]. The van der Waals surface area contributed by atoms with E-state index in [1.165, 1.54) is 45.1 Å². The van der Waals surface area contributed by atoms with Gasteiger partial charge in [-0.05, 0) is 67.7 Å². The minimum Gasteiger partial charge on any atom is -0.549 e. The van der Waals surface area contributed by atoms with Crippen LogP contribution in [-0.2, 0) is 86.0 Å². The predicted octanol–water partition coefficient (Wildman–Crippen LogP) is -6.66. The number of primary amides is 1. The summed E-state index contributed by atoms with van der Waals surface area (Å²) in [7, 11) is 0. The predicted molar refractivity (Wildman–Crippen MR) is 374 cm³/mol. The van der Waals surface area contributed by atoms with Crippen molar-refractivity contribution in [2.75, 3.05) is 115 Å². The maximum absolute atomic E-state index is 14.9. The first kappa shape index (κ1) is 85.7. The van der Waals surface area contributed by atoms with Crippen molar-refractivity contribution in [3.63, 3.8) is 0 Å². The molecule has 0 aliphatic carbocycles. The average Bonchev–Trinajstić information content (AvgIpc) is 1.71. The van der Waals surface area contributed by atoms with Crippen LogP contribution in [0.15, 0.2) is 48.5 Å². The van der Waals surface area contributed by atoms with E-state index in [1.54, 1.807) is 45.0 Å². The number of thioether (sulfide) groups is 3. The van der Waals surface area contributed by atoms with Gasteiger partial charge in [0.2, 0.25) is 53.2 Å². The molecule has 4 aliphatic heterocycles. The smallest absolute Gasteiger partial charge is 0.549 e. The average molecular weight is 1540 g/mol. The maximum atomic E-state index is 14.9. The molecule has 0 spiro atoms. The van der Waals surface area contributed by atoms with Crippen molar-refractivity contribution in [3.05, 3.63) is 70.8 Å². The number of carbonyl (C=O) groups excluding carboxylic acids is 13. The molecule has 102 heavy (non-hydrogen) atoms. The zero-order chi connectivity index (χ0) is 73.5. The molecule has 9 N–H and O–H groups in total. The Balaban J connectivity index is 0.0000112. The Morgan fingerprint density at radius 2 is 1.16 bits per heavy atom. The van der Waals surface area contributed by atoms with Crippen LogP contribution in [0, 0.1) is 0 Å². The van der Waals surface area contributed by atoms with E-state index >= 15 is 0 Å². The van der Waals surface area contributed by atoms with Gasteiger partial charge in [-0.3, -0.25) is 62.8 Å². The van der Waals surface area contributed by atoms with Crippen molar-refractivity contribution in [1.29, 1.82) is 0 Å². The van der Waals surface area contributed by atoms with Crippen LogP contribution < -0.4 is 58.1 Å². The maximum Gasteiger partial charge on any atom is 3.00 e. The zero-order valence-corrected chi connectivity index (χ0v) is 62.7. The summed E-state index contributed by atoms with van der Waals surface area (Å²) in [6.45, 7) is 3.55. The van der Waals surface area contributed by atoms with Crippen LogP contribution in [0.5, 0.6) is 0 Å². The summed E-state index contributed by atoms with van der Waals surface area (Å²) in [5, 5.41) is 74.8. The standard InChI is InChI=1S/C67H99N13O18S3.Ga/c1-3-4-6-15-55(83)70-50-41-100-39-46-30-45(38-99-29-18-69-56(84)34-75-21-23-76(35-57(85)86)25-27-78(37-59(89)90)28-26-77(24-22-75)36-58(87)88)31-47(32-46)40-101-42-51(67(97)98)73-62(92)49(33-44-11-7-5-8-12-44)72-61(91)48(16-17-54(68)82)71-64(94)60(43(2)81)74-63(93)52-13-9-19-79(52)66(96)53-14-10-20-80(53)65(50)95;/h5,7-8,11-12,30-32,43,48-53,60,81H,3-4,6,9-10,13-29,33-42H2,1-2H3,(H2,68,82)(H,69,84)(H,70,83)(H,71,94)(H,72,91)(H,73,92)(H,74,93)(H,85,86)(H,87,88)(H,89,90)(H,97,98);/q;+3/p-3/t43-,48+,49+,50+,51+,52+,53+,60+;/m1./s1/i;1-2. The molecular formula is C67H96GaN13O18S3. The van der Waals surface area contributed by atoms with E-state index in [0.29, 0.717) is 42.1 Å². The molecule has 6 rings (SSSR count). The fraction of sp³-hybridized carbons (Fsp3) is 0.627. The van der Waals surface area contributed by atoms with Gasteiger partial charge in [-0.2, -0.15) is 35.3 Å². The summed E-state index contributed by atoms with van der Waals surface area (Å²) in [6.07, 6.45) is 0.945. The van der Waals surface area contributed by atoms with Gasteiger partial charge in [-0.25, -0.2) is 0 Å². The quantitative estimate of drug-likeness (QED) is 0.0338. The third-order valence-corrected chi connectivity index (χ3v) is 20.8. The minimum absolute atomic E-state index is 0. The number of unbranched alkanes of at least 4 members (excludes halogenated alkanes) is 2. The van der Waals surface area contributed by atoms with Gasteiger partial charge in [0.25, 0.3) is 0 Å². The van der Waals surface area contributed by atoms with Gasteiger partial charge >= 0.3 is 21.2 Å². The number of aliphatic hydroxyl groups excluding tert-OH is 1. The van der Waals surface area contributed by atoms with Crippen molar-refractivity contribution < 1.29 is 89.3 Å². The zero-order valence-electron chi connectivity index (χ0n) is 58.8. The van der Waals surface area contributed by atoms with Gasteiger partial charge in [-0.15, -0.1) is 0 Å². The first-order valence-electron chi connectivity index (χ1n) is 34.2. The molecule has 4 aliphatic rings. The summed E-state index contributed by atoms with van der Waals surface area (Å²) >= 11 is 4.00. The number of hydrogen-bond donors (Lipinski definition) is 8. The molecular weight excluding hydrogens is 1440 g/mol. The number of carbonyl (C=O) groups is 13. The van der Waals surface area contributed by atoms with Crippen LogP contribution in [0.2, 0.25) is 0 Å². The number of nitrogens with one attached hydrogen (secondary N) is 6. The third kappa shape index (κ3) is 29.6. The molecule has 8 atom stereocenters. The Kier molecular flexibility index (Phi) is 37.5. The number of fused-ring (bicyclic) bond motifs is 4. The number of amides is 9. The molecule has 0 unspecified atom stereocenters. The normalized spacial score (nSPS) is 23.1. The Morgan fingerprint density at radius 1 is 0.627 bits per heavy atom. The molecule has 2 bridgehead atoms. The van der Waals surface area contributed by atoms with Gasteiger partial charge in [0.1, 0.15) is 36.3 Å². The number of hydrogen-bond acceptors (Lipinski definition) is 25. The van der Waals surface area contributed by atoms with Crippen molar-refractivity contribution >= 4 is 132 Å². The molecule has 2 aromatic rings. The monoisotopic (exact) mass is 1530 g/mol. The van der Waals surface area contributed by atoms with E-state index in [4.69, 9.17) is 5.73 Å². The first-order chi connectivity index (χ1) is 48.3. The number of aliphatic hydroxyl groups is 1. The van der Waals surface area contributed by atoms with Crippen molar-refractivity contribution in [2.24, 2.45) is 5.73 Å². The number of rotatable bonds is 25. The fourth-order valence-corrected chi connectivity index (χ4v) is 15.1. The van der Waals surface area contributed by atoms with E-state index in [1.807, 2.05) is 25.1 Å². The number of aliphatic carboxylic acids is 4. The van der Waals surface area contributed by atoms with Gasteiger partial charge in [0.15, 0.2) is 0 Å². The number of benzene rings is 2. The summed E-state index contributed by atoms with van der Waals surface area (Å²) in [4.78, 5) is 183. The topological polar surface area (TPSA) is 452 Å². The van der Waals surface area contributed by atoms with E-state index in [2.05, 4.69) is 31.9 Å². The van der Waals surface area contributed by atoms with Crippen molar-refractivity contribution in [2.45, 2.75) is 150 Å². The largest absolute Gasteiger partial charge is 3.00 e. The van der Waals surface area contributed by atoms with E-state index in [0.717, 1.165) is 41.3 Å². The second kappa shape index (κ2) is 44.6. The Bertz CT molecular complexity index is 3160. The van der Waals surface area contributed by atoms with Gasteiger partial charge in [0, 0.05) is 145 Å². The number of carboxylic acid groups (broad SMARTS) is 4. The first-order valence-corrected chi connectivity index (χ1v) is 37.7. The van der Waals surface area contributed by atoms with E-state index in [9.17, 15) is 87.9 Å². The molecule has 4 heterocycles. The van der Waals surface area contributed by atoms with Gasteiger partial charge in [0.05, 0.1) is 42.6 Å². The van der Waals surface area contributed by atoms with E-state index in [-0.39, 0.29) is 155 Å².